The molecule has 0 N–H and O–H groups in total. The van der Waals surface area contributed by atoms with E-state index in [1.807, 2.05) is 26.8 Å². The summed E-state index contributed by atoms with van der Waals surface area (Å²) in [6.07, 6.45) is 1.85. The van der Waals surface area contributed by atoms with Crippen LogP contribution in [0.15, 0.2) is 12.1 Å². The van der Waals surface area contributed by atoms with Crippen molar-refractivity contribution in [1.29, 1.82) is 0 Å². The van der Waals surface area contributed by atoms with E-state index in [0.29, 0.717) is 19.1 Å². The van der Waals surface area contributed by atoms with Gasteiger partial charge in [0.05, 0.1) is 7.11 Å². The number of carbonyl (C=O) groups is 2. The van der Waals surface area contributed by atoms with E-state index in [-0.39, 0.29) is 11.8 Å². The normalized spacial score (nSPS) is 19.2. The molecule has 0 saturated carbocycles. The Hall–Kier alpha value is -2.42. The number of aromatic nitrogens is 2. The smallest absolute Gasteiger partial charge is 0.410 e. The number of hydrogen-bond donors (Lipinski definition) is 0. The van der Waals surface area contributed by atoms with Crippen LogP contribution in [0.3, 0.4) is 0 Å². The molecule has 0 aliphatic carbocycles. The van der Waals surface area contributed by atoms with Crippen LogP contribution in [-0.2, 0) is 9.47 Å². The third kappa shape index (κ3) is 5.56. The quantitative estimate of drug-likeness (QED) is 0.704. The molecule has 2 fully saturated rings. The second-order valence-electron chi connectivity index (χ2n) is 8.49. The van der Waals surface area contributed by atoms with Crippen LogP contribution in [0.1, 0.15) is 44.1 Å². The molecule has 2 aliphatic rings. The highest BCUT2D eigenvalue weighted by atomic mass is 16.6. The number of nitrogens with zero attached hydrogens (tertiary/aromatic N) is 5. The maximum atomic E-state index is 12.2. The molecule has 0 aromatic carbocycles. The van der Waals surface area contributed by atoms with E-state index in [2.05, 4.69) is 24.7 Å². The van der Waals surface area contributed by atoms with Crippen LogP contribution in [0.25, 0.3) is 0 Å². The van der Waals surface area contributed by atoms with Gasteiger partial charge in [-0.1, -0.05) is 0 Å². The first-order valence-electron chi connectivity index (χ1n) is 10.2. The van der Waals surface area contributed by atoms with Crippen molar-refractivity contribution in [2.24, 2.45) is 0 Å². The van der Waals surface area contributed by atoms with Crippen LogP contribution < -0.4 is 4.90 Å². The number of rotatable bonds is 3. The van der Waals surface area contributed by atoms with E-state index in [1.165, 1.54) is 7.11 Å². The molecule has 0 spiro atoms. The van der Waals surface area contributed by atoms with E-state index in [0.717, 1.165) is 44.8 Å². The van der Waals surface area contributed by atoms with Crippen molar-refractivity contribution in [1.82, 2.24) is 20.0 Å². The third-order valence-corrected chi connectivity index (χ3v) is 5.32. The van der Waals surface area contributed by atoms with E-state index in [9.17, 15) is 9.59 Å². The van der Waals surface area contributed by atoms with Crippen molar-refractivity contribution >= 4 is 17.9 Å². The van der Waals surface area contributed by atoms with Crippen LogP contribution in [0.4, 0.5) is 10.6 Å². The summed E-state index contributed by atoms with van der Waals surface area (Å²) < 4.78 is 10.1. The molecule has 0 unspecified atom stereocenters. The van der Waals surface area contributed by atoms with Gasteiger partial charge in [-0.2, -0.15) is 0 Å². The van der Waals surface area contributed by atoms with E-state index >= 15 is 0 Å². The van der Waals surface area contributed by atoms with Gasteiger partial charge in [0, 0.05) is 45.3 Å². The second kappa shape index (κ2) is 8.94. The van der Waals surface area contributed by atoms with Crippen molar-refractivity contribution in [2.75, 3.05) is 51.3 Å². The average Bonchev–Trinajstić information content (AvgIpc) is 2.72. The van der Waals surface area contributed by atoms with Crippen LogP contribution in [-0.4, -0.2) is 90.1 Å². The SMILES string of the molecule is COC(=O)c1ccc(N2CCC(N3CCN(C(=O)OC(C)(C)C)CC3)CC2)nn1. The Morgan fingerprint density at radius 1 is 1.00 bits per heavy atom. The maximum Gasteiger partial charge on any atom is 0.410 e. The molecule has 0 bridgehead atoms. The van der Waals surface area contributed by atoms with Gasteiger partial charge < -0.3 is 19.3 Å². The van der Waals surface area contributed by atoms with Crippen molar-refractivity contribution in [2.45, 2.75) is 45.3 Å². The number of piperazine rings is 1. The predicted molar refractivity (Wildman–Crippen MR) is 108 cm³/mol. The molecule has 29 heavy (non-hydrogen) atoms. The van der Waals surface area contributed by atoms with Crippen LogP contribution >= 0.6 is 0 Å². The summed E-state index contributed by atoms with van der Waals surface area (Å²) in [5, 5.41) is 8.13. The van der Waals surface area contributed by atoms with Gasteiger partial charge in [0.2, 0.25) is 0 Å². The number of carbonyl (C=O) groups excluding carboxylic acids is 2. The highest BCUT2D eigenvalue weighted by molar-refractivity contribution is 5.86. The van der Waals surface area contributed by atoms with Gasteiger partial charge in [0.15, 0.2) is 11.5 Å². The second-order valence-corrected chi connectivity index (χ2v) is 8.49. The van der Waals surface area contributed by atoms with Gasteiger partial charge in [-0.25, -0.2) is 9.59 Å². The van der Waals surface area contributed by atoms with Gasteiger partial charge in [0.1, 0.15) is 5.60 Å². The molecule has 2 saturated heterocycles. The summed E-state index contributed by atoms with van der Waals surface area (Å²) in [6, 6.07) is 3.98. The third-order valence-electron chi connectivity index (χ3n) is 5.32. The fourth-order valence-electron chi connectivity index (χ4n) is 3.76. The first-order valence-corrected chi connectivity index (χ1v) is 10.2. The zero-order valence-corrected chi connectivity index (χ0v) is 17.8. The first kappa shape index (κ1) is 21.3. The Balaban J connectivity index is 1.45. The van der Waals surface area contributed by atoms with Crippen LogP contribution in [0.5, 0.6) is 0 Å². The Morgan fingerprint density at radius 2 is 1.66 bits per heavy atom. The van der Waals surface area contributed by atoms with E-state index < -0.39 is 11.6 Å². The molecule has 0 atom stereocenters. The summed E-state index contributed by atoms with van der Waals surface area (Å²) in [5.74, 6) is 0.305. The minimum Gasteiger partial charge on any atom is -0.464 e. The molecule has 3 heterocycles. The lowest BCUT2D eigenvalue weighted by Gasteiger charge is -2.43. The number of piperidine rings is 1. The molecule has 160 valence electrons. The zero-order valence-electron chi connectivity index (χ0n) is 17.8. The highest BCUT2D eigenvalue weighted by Crippen LogP contribution is 2.22. The molecule has 1 amide bonds. The van der Waals surface area contributed by atoms with Gasteiger partial charge in [-0.3, -0.25) is 4.90 Å². The van der Waals surface area contributed by atoms with Crippen LogP contribution in [0, 0.1) is 0 Å². The van der Waals surface area contributed by atoms with Gasteiger partial charge in [-0.05, 0) is 45.7 Å². The molecule has 1 aromatic heterocycles. The average molecular weight is 405 g/mol. The molecule has 9 heteroatoms. The molecule has 9 nitrogen and oxygen atoms in total. The Morgan fingerprint density at radius 3 is 2.17 bits per heavy atom. The fourth-order valence-corrected chi connectivity index (χ4v) is 3.76. The Labute approximate surface area is 171 Å². The van der Waals surface area contributed by atoms with Gasteiger partial charge in [-0.15, -0.1) is 10.2 Å². The van der Waals surface area contributed by atoms with Gasteiger partial charge >= 0.3 is 12.1 Å². The van der Waals surface area contributed by atoms with Crippen LogP contribution in [0.2, 0.25) is 0 Å². The zero-order chi connectivity index (χ0) is 21.0. The lowest BCUT2D eigenvalue weighted by molar-refractivity contribution is 0.00899. The molecular weight excluding hydrogens is 374 g/mol. The Kier molecular flexibility index (Phi) is 6.56. The van der Waals surface area contributed by atoms with E-state index in [4.69, 9.17) is 4.74 Å². The molecule has 1 aromatic rings. The monoisotopic (exact) mass is 405 g/mol. The van der Waals surface area contributed by atoms with Crippen molar-refractivity contribution in [3.05, 3.63) is 17.8 Å². The fraction of sp³-hybridized carbons (Fsp3) is 0.700. The number of hydrogen-bond acceptors (Lipinski definition) is 8. The topological polar surface area (TPSA) is 88.1 Å². The van der Waals surface area contributed by atoms with Crippen molar-refractivity contribution in [3.63, 3.8) is 0 Å². The summed E-state index contributed by atoms with van der Waals surface area (Å²) >= 11 is 0. The number of ether oxygens (including phenoxy) is 2. The van der Waals surface area contributed by atoms with E-state index in [1.54, 1.807) is 11.0 Å². The summed E-state index contributed by atoms with van der Waals surface area (Å²) in [5.41, 5.74) is -0.243. The van der Waals surface area contributed by atoms with Crippen molar-refractivity contribution in [3.8, 4) is 0 Å². The molecule has 0 radical (unpaired) electrons. The maximum absolute atomic E-state index is 12.2. The molecule has 3 rings (SSSR count). The number of amides is 1. The lowest BCUT2D eigenvalue weighted by atomic mass is 10.0. The molecular formula is C20H31N5O4. The first-order chi connectivity index (χ1) is 13.8. The number of esters is 1. The number of anilines is 1. The summed E-state index contributed by atoms with van der Waals surface area (Å²) in [7, 11) is 1.33. The summed E-state index contributed by atoms with van der Waals surface area (Å²) in [6.45, 7) is 10.6. The van der Waals surface area contributed by atoms with Crippen molar-refractivity contribution < 1.29 is 19.1 Å². The minimum atomic E-state index is -0.478. The Bertz CT molecular complexity index is 703. The minimum absolute atomic E-state index is 0.217. The number of methoxy groups -OCH3 is 1. The highest BCUT2D eigenvalue weighted by Gasteiger charge is 2.31. The predicted octanol–water partition coefficient (Wildman–Crippen LogP) is 1.78. The van der Waals surface area contributed by atoms with Gasteiger partial charge in [0.25, 0.3) is 0 Å². The lowest BCUT2D eigenvalue weighted by Crippen LogP contribution is -2.55. The largest absolute Gasteiger partial charge is 0.464 e. The molecule has 2 aliphatic heterocycles. The standard InChI is InChI=1S/C20H31N5O4/c1-20(2,3)29-19(27)25-13-11-23(12-14-25)15-7-9-24(10-8-15)17-6-5-16(21-22-17)18(26)28-4/h5-6,15H,7-14H2,1-4H3. The summed E-state index contributed by atoms with van der Waals surface area (Å²) in [4.78, 5) is 30.2.